The molecule has 0 aliphatic heterocycles. The quantitative estimate of drug-likeness (QED) is 0.867. The van der Waals surface area contributed by atoms with Gasteiger partial charge in [-0.25, -0.2) is 0 Å². The second-order valence-corrected chi connectivity index (χ2v) is 4.65. The molecular weight excluding hydrogens is 220 g/mol. The molecule has 1 N–H and O–H groups in total. The van der Waals surface area contributed by atoms with E-state index in [1.807, 2.05) is 19.4 Å². The van der Waals surface area contributed by atoms with Crippen LogP contribution in [0, 0.1) is 6.92 Å². The smallest absolute Gasteiger partial charge is 0.0320 e. The minimum absolute atomic E-state index is 0.415. The molecule has 1 atom stereocenters. The number of aryl methyl sites for hydroxylation is 2. The van der Waals surface area contributed by atoms with Crippen molar-refractivity contribution in [3.05, 3.63) is 65.5 Å². The summed E-state index contributed by atoms with van der Waals surface area (Å²) in [6, 6.07) is 13.3. The van der Waals surface area contributed by atoms with Crippen molar-refractivity contribution < 1.29 is 0 Å². The summed E-state index contributed by atoms with van der Waals surface area (Å²) in [5, 5.41) is 3.40. The topological polar surface area (TPSA) is 24.9 Å². The van der Waals surface area contributed by atoms with Gasteiger partial charge in [0.25, 0.3) is 0 Å². The molecule has 0 saturated carbocycles. The summed E-state index contributed by atoms with van der Waals surface area (Å²) in [5.41, 5.74) is 4.03. The molecule has 1 heterocycles. The normalized spacial score (nSPS) is 12.3. The van der Waals surface area contributed by atoms with Crippen molar-refractivity contribution in [3.8, 4) is 0 Å². The first-order valence-electron chi connectivity index (χ1n) is 6.42. The summed E-state index contributed by atoms with van der Waals surface area (Å²) in [6.45, 7) is 2.14. The molecule has 2 heteroatoms. The maximum absolute atomic E-state index is 4.05. The molecule has 18 heavy (non-hydrogen) atoms. The summed E-state index contributed by atoms with van der Waals surface area (Å²) in [7, 11) is 2.03. The molecule has 0 radical (unpaired) electrons. The van der Waals surface area contributed by atoms with Crippen LogP contribution < -0.4 is 5.32 Å². The zero-order chi connectivity index (χ0) is 12.8. The highest BCUT2D eigenvalue weighted by Gasteiger charge is 2.09. The van der Waals surface area contributed by atoms with Crippen LogP contribution in [-0.4, -0.2) is 12.0 Å². The van der Waals surface area contributed by atoms with Crippen molar-refractivity contribution in [3.63, 3.8) is 0 Å². The van der Waals surface area contributed by atoms with Crippen LogP contribution in [-0.2, 0) is 6.42 Å². The van der Waals surface area contributed by atoms with E-state index in [-0.39, 0.29) is 0 Å². The van der Waals surface area contributed by atoms with Crippen LogP contribution in [0.5, 0.6) is 0 Å². The van der Waals surface area contributed by atoms with Crippen molar-refractivity contribution in [1.29, 1.82) is 0 Å². The average Bonchev–Trinajstić information content (AvgIpc) is 2.41. The number of pyridine rings is 1. The highest BCUT2D eigenvalue weighted by Crippen LogP contribution is 2.19. The number of benzene rings is 1. The highest BCUT2D eigenvalue weighted by molar-refractivity contribution is 5.25. The van der Waals surface area contributed by atoms with Crippen molar-refractivity contribution in [2.75, 3.05) is 7.05 Å². The van der Waals surface area contributed by atoms with E-state index < -0.39 is 0 Å². The van der Waals surface area contributed by atoms with Gasteiger partial charge in [0, 0.05) is 18.4 Å². The van der Waals surface area contributed by atoms with Crippen LogP contribution in [0.15, 0.2) is 48.8 Å². The van der Waals surface area contributed by atoms with Crippen molar-refractivity contribution in [2.24, 2.45) is 0 Å². The van der Waals surface area contributed by atoms with E-state index >= 15 is 0 Å². The van der Waals surface area contributed by atoms with E-state index in [1.165, 1.54) is 16.7 Å². The molecule has 0 fully saturated rings. The van der Waals surface area contributed by atoms with Crippen LogP contribution in [0.25, 0.3) is 0 Å². The highest BCUT2D eigenvalue weighted by atomic mass is 14.9. The van der Waals surface area contributed by atoms with Gasteiger partial charge in [-0.2, -0.15) is 0 Å². The van der Waals surface area contributed by atoms with Crippen molar-refractivity contribution in [2.45, 2.75) is 25.8 Å². The zero-order valence-corrected chi connectivity index (χ0v) is 11.1. The minimum atomic E-state index is 0.415. The lowest BCUT2D eigenvalue weighted by Gasteiger charge is -2.17. The second-order valence-electron chi connectivity index (χ2n) is 4.65. The first-order valence-corrected chi connectivity index (χ1v) is 6.42. The molecule has 2 nitrogen and oxygen atoms in total. The molecule has 0 amide bonds. The number of nitrogens with one attached hydrogen (secondary N) is 1. The van der Waals surface area contributed by atoms with Gasteiger partial charge in [-0.1, -0.05) is 29.8 Å². The fourth-order valence-electron chi connectivity index (χ4n) is 2.22. The molecule has 1 aromatic heterocycles. The van der Waals surface area contributed by atoms with Gasteiger partial charge in [0.2, 0.25) is 0 Å². The predicted molar refractivity (Wildman–Crippen MR) is 75.5 cm³/mol. The fraction of sp³-hybridized carbons (Fsp3) is 0.312. The van der Waals surface area contributed by atoms with Gasteiger partial charge < -0.3 is 5.32 Å². The van der Waals surface area contributed by atoms with Gasteiger partial charge in [0.05, 0.1) is 0 Å². The van der Waals surface area contributed by atoms with E-state index in [2.05, 4.69) is 53.6 Å². The van der Waals surface area contributed by atoms with Crippen LogP contribution in [0.3, 0.4) is 0 Å². The summed E-state index contributed by atoms with van der Waals surface area (Å²) in [5.74, 6) is 0. The number of hydrogen-bond donors (Lipinski definition) is 1. The summed E-state index contributed by atoms with van der Waals surface area (Å²) in [4.78, 5) is 4.05. The Balaban J connectivity index is 2.02. The zero-order valence-electron chi connectivity index (χ0n) is 11.1. The Labute approximate surface area is 109 Å². The standard InChI is InChI=1S/C16H20N2/c1-13-4-3-5-15(12-13)16(17-2)7-6-14-8-10-18-11-9-14/h3-5,8-12,16-17H,6-7H2,1-2H3. The average molecular weight is 240 g/mol. The van der Waals surface area contributed by atoms with Gasteiger partial charge in [-0.15, -0.1) is 0 Å². The third-order valence-electron chi connectivity index (χ3n) is 3.26. The molecule has 0 aliphatic rings. The van der Waals surface area contributed by atoms with Crippen LogP contribution in [0.4, 0.5) is 0 Å². The molecule has 0 spiro atoms. The molecule has 1 aromatic carbocycles. The van der Waals surface area contributed by atoms with Gasteiger partial charge in [-0.05, 0) is 50.1 Å². The van der Waals surface area contributed by atoms with E-state index in [0.29, 0.717) is 6.04 Å². The Hall–Kier alpha value is -1.67. The minimum Gasteiger partial charge on any atom is -0.313 e. The third kappa shape index (κ3) is 3.41. The number of nitrogens with zero attached hydrogens (tertiary/aromatic N) is 1. The maximum Gasteiger partial charge on any atom is 0.0320 e. The Kier molecular flexibility index (Phi) is 4.48. The largest absolute Gasteiger partial charge is 0.313 e. The molecule has 0 bridgehead atoms. The molecule has 2 aromatic rings. The van der Waals surface area contributed by atoms with Gasteiger partial charge >= 0.3 is 0 Å². The van der Waals surface area contributed by atoms with Crippen LogP contribution >= 0.6 is 0 Å². The number of aromatic nitrogens is 1. The van der Waals surface area contributed by atoms with Crippen LogP contribution in [0.2, 0.25) is 0 Å². The van der Waals surface area contributed by atoms with Gasteiger partial charge in [-0.3, -0.25) is 4.98 Å². The van der Waals surface area contributed by atoms with Crippen LogP contribution in [0.1, 0.15) is 29.2 Å². The Morgan fingerprint density at radius 2 is 1.94 bits per heavy atom. The van der Waals surface area contributed by atoms with E-state index in [1.54, 1.807) is 0 Å². The summed E-state index contributed by atoms with van der Waals surface area (Å²) >= 11 is 0. The van der Waals surface area contributed by atoms with Crippen molar-refractivity contribution in [1.82, 2.24) is 10.3 Å². The molecular formula is C16H20N2. The van der Waals surface area contributed by atoms with E-state index in [0.717, 1.165) is 12.8 Å². The third-order valence-corrected chi connectivity index (χ3v) is 3.26. The van der Waals surface area contributed by atoms with Gasteiger partial charge in [0.1, 0.15) is 0 Å². The first-order chi connectivity index (χ1) is 8.79. The Bertz CT molecular complexity index is 479. The van der Waals surface area contributed by atoms with Gasteiger partial charge in [0.15, 0.2) is 0 Å². The summed E-state index contributed by atoms with van der Waals surface area (Å²) < 4.78 is 0. The molecule has 2 rings (SSSR count). The van der Waals surface area contributed by atoms with E-state index in [4.69, 9.17) is 0 Å². The first kappa shape index (κ1) is 12.8. The summed E-state index contributed by atoms with van der Waals surface area (Å²) in [6.07, 6.45) is 5.89. The number of rotatable bonds is 5. The maximum atomic E-state index is 4.05. The lowest BCUT2D eigenvalue weighted by Crippen LogP contribution is -2.17. The lowest BCUT2D eigenvalue weighted by atomic mass is 9.98. The molecule has 0 aliphatic carbocycles. The predicted octanol–water partition coefficient (Wildman–Crippen LogP) is 3.28. The Morgan fingerprint density at radius 3 is 2.61 bits per heavy atom. The molecule has 1 unspecified atom stereocenters. The molecule has 94 valence electrons. The fourth-order valence-corrected chi connectivity index (χ4v) is 2.22. The Morgan fingerprint density at radius 1 is 1.17 bits per heavy atom. The second kappa shape index (κ2) is 6.31. The number of hydrogen-bond acceptors (Lipinski definition) is 2. The monoisotopic (exact) mass is 240 g/mol. The lowest BCUT2D eigenvalue weighted by molar-refractivity contribution is 0.549. The SMILES string of the molecule is CNC(CCc1ccncc1)c1cccc(C)c1. The molecule has 0 saturated heterocycles. The van der Waals surface area contributed by atoms with E-state index in [9.17, 15) is 0 Å². The van der Waals surface area contributed by atoms with Crippen molar-refractivity contribution >= 4 is 0 Å².